The van der Waals surface area contributed by atoms with Gasteiger partial charge in [0.15, 0.2) is 0 Å². The molecule has 2 rings (SSSR count). The van der Waals surface area contributed by atoms with Crippen molar-refractivity contribution in [2.24, 2.45) is 0 Å². The predicted octanol–water partition coefficient (Wildman–Crippen LogP) is 1.96. The molecule has 2 atom stereocenters. The molecule has 18 heavy (non-hydrogen) atoms. The van der Waals surface area contributed by atoms with Crippen LogP contribution in [0.4, 0.5) is 0 Å². The summed E-state index contributed by atoms with van der Waals surface area (Å²) >= 11 is 1.70. The van der Waals surface area contributed by atoms with Crippen molar-refractivity contribution in [3.05, 3.63) is 29.8 Å². The predicted molar refractivity (Wildman–Crippen MR) is 71.7 cm³/mol. The molecule has 1 N–H and O–H groups in total. The molecule has 0 radical (unpaired) electrons. The standard InChI is InChI=1S/C13H17NO3S/c1-3-17-13(15)10-8-18-12(14-10)9-6-4-5-7-11(9)16-2/h4-7,10,12,14H,3,8H2,1-2H3/t10-,12+/m1/s1. The summed E-state index contributed by atoms with van der Waals surface area (Å²) in [5.74, 6) is 1.39. The molecule has 5 heteroatoms. The highest BCUT2D eigenvalue weighted by molar-refractivity contribution is 7.99. The Bertz CT molecular complexity index is 424. The van der Waals surface area contributed by atoms with Crippen molar-refractivity contribution >= 4 is 17.7 Å². The van der Waals surface area contributed by atoms with Gasteiger partial charge in [0.1, 0.15) is 11.8 Å². The van der Waals surface area contributed by atoms with E-state index in [4.69, 9.17) is 9.47 Å². The first kappa shape index (κ1) is 13.2. The van der Waals surface area contributed by atoms with Gasteiger partial charge >= 0.3 is 5.97 Å². The molecule has 0 spiro atoms. The number of carbonyl (C=O) groups is 1. The summed E-state index contributed by atoms with van der Waals surface area (Å²) < 4.78 is 10.4. The highest BCUT2D eigenvalue weighted by Crippen LogP contribution is 2.37. The first-order chi connectivity index (χ1) is 8.76. The van der Waals surface area contributed by atoms with Crippen LogP contribution >= 0.6 is 11.8 Å². The molecule has 1 aromatic rings. The number of hydrogen-bond acceptors (Lipinski definition) is 5. The molecule has 1 aromatic carbocycles. The molecule has 0 unspecified atom stereocenters. The Labute approximate surface area is 111 Å². The van der Waals surface area contributed by atoms with Gasteiger partial charge in [-0.05, 0) is 13.0 Å². The molecule has 1 aliphatic heterocycles. The number of carbonyl (C=O) groups excluding carboxylic acids is 1. The molecule has 0 aliphatic carbocycles. The number of para-hydroxylation sites is 1. The van der Waals surface area contributed by atoms with Gasteiger partial charge in [-0.1, -0.05) is 18.2 Å². The average Bonchev–Trinajstić information content (AvgIpc) is 2.88. The zero-order valence-corrected chi connectivity index (χ0v) is 11.3. The maximum atomic E-state index is 11.6. The van der Waals surface area contributed by atoms with E-state index < -0.39 is 0 Å². The van der Waals surface area contributed by atoms with Crippen molar-refractivity contribution in [3.8, 4) is 5.75 Å². The van der Waals surface area contributed by atoms with E-state index in [1.807, 2.05) is 31.2 Å². The average molecular weight is 267 g/mol. The number of rotatable bonds is 4. The largest absolute Gasteiger partial charge is 0.496 e. The van der Waals surface area contributed by atoms with Crippen LogP contribution in [0.3, 0.4) is 0 Å². The third-order valence-electron chi connectivity index (χ3n) is 2.77. The van der Waals surface area contributed by atoms with E-state index in [2.05, 4.69) is 5.32 Å². The Balaban J connectivity index is 2.06. The van der Waals surface area contributed by atoms with Gasteiger partial charge in [0, 0.05) is 11.3 Å². The quantitative estimate of drug-likeness (QED) is 0.845. The van der Waals surface area contributed by atoms with Gasteiger partial charge in [-0.15, -0.1) is 11.8 Å². The zero-order chi connectivity index (χ0) is 13.0. The van der Waals surface area contributed by atoms with E-state index in [1.165, 1.54) is 0 Å². The molecule has 0 amide bonds. The molecular weight excluding hydrogens is 250 g/mol. The molecule has 0 aromatic heterocycles. The third kappa shape index (κ3) is 2.79. The van der Waals surface area contributed by atoms with Crippen LogP contribution in [-0.2, 0) is 9.53 Å². The first-order valence-corrected chi connectivity index (χ1v) is 6.98. The van der Waals surface area contributed by atoms with Crippen LogP contribution in [-0.4, -0.2) is 31.5 Å². The topological polar surface area (TPSA) is 47.6 Å². The fourth-order valence-corrected chi connectivity index (χ4v) is 3.16. The number of ether oxygens (including phenoxy) is 2. The number of esters is 1. The van der Waals surface area contributed by atoms with Crippen molar-refractivity contribution in [1.82, 2.24) is 5.32 Å². The van der Waals surface area contributed by atoms with Crippen molar-refractivity contribution in [2.75, 3.05) is 19.5 Å². The number of hydrogen-bond donors (Lipinski definition) is 1. The number of methoxy groups -OCH3 is 1. The van der Waals surface area contributed by atoms with E-state index in [0.717, 1.165) is 17.1 Å². The monoisotopic (exact) mass is 267 g/mol. The Morgan fingerprint density at radius 2 is 2.28 bits per heavy atom. The van der Waals surface area contributed by atoms with Gasteiger partial charge in [0.2, 0.25) is 0 Å². The van der Waals surface area contributed by atoms with Crippen LogP contribution in [0.1, 0.15) is 17.9 Å². The summed E-state index contributed by atoms with van der Waals surface area (Å²) in [6, 6.07) is 7.61. The third-order valence-corrected chi connectivity index (χ3v) is 4.02. The number of nitrogens with one attached hydrogen (secondary N) is 1. The summed E-state index contributed by atoms with van der Waals surface area (Å²) in [4.78, 5) is 11.6. The second-order valence-corrected chi connectivity index (χ2v) is 5.06. The Kier molecular flexibility index (Phi) is 4.49. The van der Waals surface area contributed by atoms with E-state index in [0.29, 0.717) is 6.61 Å². The molecule has 1 saturated heterocycles. The SMILES string of the molecule is CCOC(=O)[C@H]1CS[C@@H](c2ccccc2OC)N1. The van der Waals surface area contributed by atoms with Gasteiger partial charge in [-0.2, -0.15) is 0 Å². The highest BCUT2D eigenvalue weighted by Gasteiger charge is 2.32. The van der Waals surface area contributed by atoms with Gasteiger partial charge in [-0.3, -0.25) is 10.1 Å². The summed E-state index contributed by atoms with van der Waals surface area (Å²) in [5.41, 5.74) is 1.07. The fourth-order valence-electron chi connectivity index (χ4n) is 1.91. The Morgan fingerprint density at radius 1 is 1.50 bits per heavy atom. The van der Waals surface area contributed by atoms with E-state index in [9.17, 15) is 4.79 Å². The first-order valence-electron chi connectivity index (χ1n) is 5.93. The summed E-state index contributed by atoms with van der Waals surface area (Å²) in [6.45, 7) is 2.23. The minimum absolute atomic E-state index is 0.0792. The molecule has 1 aliphatic rings. The number of benzene rings is 1. The summed E-state index contributed by atoms with van der Waals surface area (Å²) in [5, 5.41) is 3.35. The molecule has 0 saturated carbocycles. The summed E-state index contributed by atoms with van der Waals surface area (Å²) in [7, 11) is 1.65. The molecular formula is C13H17NO3S. The van der Waals surface area contributed by atoms with Crippen LogP contribution < -0.4 is 10.1 Å². The van der Waals surface area contributed by atoms with Gasteiger partial charge in [0.05, 0.1) is 19.1 Å². The molecule has 1 heterocycles. The molecule has 4 nitrogen and oxygen atoms in total. The van der Waals surface area contributed by atoms with Gasteiger partial charge < -0.3 is 9.47 Å². The summed E-state index contributed by atoms with van der Waals surface area (Å²) in [6.07, 6.45) is 0. The number of thioether (sulfide) groups is 1. The van der Waals surface area contributed by atoms with Gasteiger partial charge in [0.25, 0.3) is 0 Å². The lowest BCUT2D eigenvalue weighted by Gasteiger charge is -2.15. The Hall–Kier alpha value is -1.20. The van der Waals surface area contributed by atoms with Crippen LogP contribution in [0.25, 0.3) is 0 Å². The van der Waals surface area contributed by atoms with Crippen molar-refractivity contribution in [2.45, 2.75) is 18.3 Å². The van der Waals surface area contributed by atoms with Crippen LogP contribution in [0, 0.1) is 0 Å². The van der Waals surface area contributed by atoms with Gasteiger partial charge in [-0.25, -0.2) is 0 Å². The van der Waals surface area contributed by atoms with Crippen molar-refractivity contribution < 1.29 is 14.3 Å². The smallest absolute Gasteiger partial charge is 0.324 e. The van der Waals surface area contributed by atoms with Crippen LogP contribution in [0.5, 0.6) is 5.75 Å². The zero-order valence-electron chi connectivity index (χ0n) is 10.5. The van der Waals surface area contributed by atoms with Crippen molar-refractivity contribution in [1.29, 1.82) is 0 Å². The lowest BCUT2D eigenvalue weighted by molar-refractivity contribution is -0.144. The van der Waals surface area contributed by atoms with E-state index in [-0.39, 0.29) is 17.4 Å². The maximum absolute atomic E-state index is 11.6. The highest BCUT2D eigenvalue weighted by atomic mass is 32.2. The molecule has 98 valence electrons. The normalized spacial score (nSPS) is 22.8. The minimum Gasteiger partial charge on any atom is -0.496 e. The van der Waals surface area contributed by atoms with E-state index in [1.54, 1.807) is 18.9 Å². The fraction of sp³-hybridized carbons (Fsp3) is 0.462. The lowest BCUT2D eigenvalue weighted by Crippen LogP contribution is -2.35. The van der Waals surface area contributed by atoms with Crippen molar-refractivity contribution in [3.63, 3.8) is 0 Å². The van der Waals surface area contributed by atoms with Crippen LogP contribution in [0.15, 0.2) is 24.3 Å². The maximum Gasteiger partial charge on any atom is 0.324 e. The molecule has 0 bridgehead atoms. The lowest BCUT2D eigenvalue weighted by atomic mass is 10.2. The second-order valence-electron chi connectivity index (χ2n) is 3.93. The second kappa shape index (κ2) is 6.11. The Morgan fingerprint density at radius 3 is 3.00 bits per heavy atom. The van der Waals surface area contributed by atoms with E-state index >= 15 is 0 Å². The molecule has 1 fully saturated rings. The van der Waals surface area contributed by atoms with Crippen LogP contribution in [0.2, 0.25) is 0 Å². The minimum atomic E-state index is -0.232.